The zero-order valence-corrected chi connectivity index (χ0v) is 24.0. The molecule has 2 N–H and O–H groups in total. The van der Waals surface area contributed by atoms with Crippen molar-refractivity contribution in [3.63, 3.8) is 0 Å². The van der Waals surface area contributed by atoms with Crippen LogP contribution in [0.15, 0.2) is 85.6 Å². The number of nitrogen functional groups attached to an aromatic ring is 1. The Kier molecular flexibility index (Phi) is 7.20. The Morgan fingerprint density at radius 1 is 1.05 bits per heavy atom. The van der Waals surface area contributed by atoms with Gasteiger partial charge in [-0.2, -0.15) is 0 Å². The fraction of sp³-hybridized carbons (Fsp3) is 0.303. The van der Waals surface area contributed by atoms with E-state index in [1.165, 1.54) is 31.7 Å². The van der Waals surface area contributed by atoms with Gasteiger partial charge in [0.1, 0.15) is 47.5 Å². The number of amides is 1. The average molecular weight is 579 g/mol. The van der Waals surface area contributed by atoms with Gasteiger partial charge >= 0.3 is 0 Å². The van der Waals surface area contributed by atoms with E-state index in [1.54, 1.807) is 6.08 Å². The highest BCUT2D eigenvalue weighted by molar-refractivity contribution is 6.02. The molecule has 2 aliphatic heterocycles. The molecule has 7 rings (SSSR count). The largest absolute Gasteiger partial charge is 0.457 e. The number of para-hydroxylation sites is 1. The van der Waals surface area contributed by atoms with Crippen molar-refractivity contribution in [3.8, 4) is 22.6 Å². The van der Waals surface area contributed by atoms with Gasteiger partial charge in [0.25, 0.3) is 6.29 Å². The van der Waals surface area contributed by atoms with Crippen molar-refractivity contribution >= 4 is 22.8 Å². The molecule has 220 valence electrons. The van der Waals surface area contributed by atoms with E-state index in [4.69, 9.17) is 24.9 Å². The van der Waals surface area contributed by atoms with Crippen LogP contribution in [0, 0.1) is 0 Å². The molecule has 0 unspecified atom stereocenters. The Morgan fingerprint density at radius 3 is 2.53 bits per heavy atom. The maximum atomic E-state index is 13.1. The number of hydrogen-bond donors (Lipinski definition) is 1. The number of aromatic nitrogens is 3. The van der Waals surface area contributed by atoms with Crippen LogP contribution in [0.4, 0.5) is 5.82 Å². The van der Waals surface area contributed by atoms with Gasteiger partial charge < -0.3 is 29.4 Å². The number of anilines is 1. The first-order valence-corrected chi connectivity index (χ1v) is 14.7. The summed E-state index contributed by atoms with van der Waals surface area (Å²) in [6.45, 7) is 1.95. The second-order valence-electron chi connectivity index (χ2n) is 11.2. The predicted octanol–water partition coefficient (Wildman–Crippen LogP) is 5.41. The van der Waals surface area contributed by atoms with Crippen LogP contribution < -0.4 is 10.5 Å². The molecule has 1 saturated carbocycles. The highest BCUT2D eigenvalue weighted by atomic mass is 16.7. The summed E-state index contributed by atoms with van der Waals surface area (Å²) in [7, 11) is 2.11. The van der Waals surface area contributed by atoms with Gasteiger partial charge in [-0.3, -0.25) is 9.69 Å². The van der Waals surface area contributed by atoms with Crippen molar-refractivity contribution in [2.24, 2.45) is 0 Å². The zero-order chi connectivity index (χ0) is 29.3. The predicted molar refractivity (Wildman–Crippen MR) is 163 cm³/mol. The van der Waals surface area contributed by atoms with Crippen LogP contribution in [0.1, 0.15) is 37.3 Å². The monoisotopic (exact) mass is 578 g/mol. The minimum atomic E-state index is -0.702. The number of carbonyl (C=O) groups is 1. The van der Waals surface area contributed by atoms with E-state index in [-0.39, 0.29) is 11.9 Å². The molecule has 2 aromatic carbocycles. The summed E-state index contributed by atoms with van der Waals surface area (Å²) in [5.41, 5.74) is 9.72. The molecule has 3 aliphatic rings. The number of likely N-dealkylation sites (tertiary alicyclic amines) is 1. The molecule has 1 aliphatic carbocycles. The Hall–Kier alpha value is -4.83. The van der Waals surface area contributed by atoms with Crippen molar-refractivity contribution in [2.75, 3.05) is 32.4 Å². The second kappa shape index (κ2) is 11.4. The minimum absolute atomic E-state index is 0.0168. The van der Waals surface area contributed by atoms with E-state index >= 15 is 0 Å². The van der Waals surface area contributed by atoms with E-state index in [9.17, 15) is 4.79 Å². The Labute approximate surface area is 250 Å². The summed E-state index contributed by atoms with van der Waals surface area (Å²) in [5, 5.41) is 0.723. The van der Waals surface area contributed by atoms with Crippen molar-refractivity contribution in [2.45, 2.75) is 37.6 Å². The Bertz CT molecular complexity index is 1670. The van der Waals surface area contributed by atoms with E-state index in [0.717, 1.165) is 40.9 Å². The van der Waals surface area contributed by atoms with Crippen LogP contribution in [-0.4, -0.2) is 63.0 Å². The van der Waals surface area contributed by atoms with Gasteiger partial charge in [0.15, 0.2) is 0 Å². The maximum absolute atomic E-state index is 13.1. The maximum Gasteiger partial charge on any atom is 0.282 e. The van der Waals surface area contributed by atoms with Gasteiger partial charge in [-0.15, -0.1) is 0 Å². The molecule has 4 aromatic rings. The fourth-order valence-electron chi connectivity index (χ4n) is 5.99. The molecule has 10 nitrogen and oxygen atoms in total. The number of carbonyl (C=O) groups excluding carboxylic acids is 1. The first-order valence-electron chi connectivity index (χ1n) is 14.7. The van der Waals surface area contributed by atoms with Gasteiger partial charge in [0.2, 0.25) is 5.91 Å². The Balaban J connectivity index is 1.22. The summed E-state index contributed by atoms with van der Waals surface area (Å²) < 4.78 is 20.0. The summed E-state index contributed by atoms with van der Waals surface area (Å²) in [6.07, 6.45) is 10.8. The van der Waals surface area contributed by atoms with Gasteiger partial charge in [-0.25, -0.2) is 9.97 Å². The van der Waals surface area contributed by atoms with Crippen LogP contribution in [0.3, 0.4) is 0 Å². The topological polar surface area (TPSA) is 108 Å². The SMILES string of the molecule is CN(C/C=C/C(=O)N1CC[C@@H](n2c(C3OC=CO3)c(-c3ccc(Oc4ccccc4)cc3)c3c(N)ncnc32)C1)C1CC1. The minimum Gasteiger partial charge on any atom is -0.457 e. The molecule has 0 bridgehead atoms. The number of likely N-dealkylation sites (N-methyl/N-ethyl adjacent to an activating group) is 1. The molecular weight excluding hydrogens is 544 g/mol. The molecule has 2 aromatic heterocycles. The lowest BCUT2D eigenvalue weighted by atomic mass is 10.0. The molecule has 10 heteroatoms. The van der Waals surface area contributed by atoms with E-state index < -0.39 is 6.29 Å². The third-order valence-electron chi connectivity index (χ3n) is 8.32. The average Bonchev–Trinajstić information content (AvgIpc) is 3.38. The molecular formula is C33H34N6O4. The summed E-state index contributed by atoms with van der Waals surface area (Å²) in [4.78, 5) is 26.3. The number of fused-ring (bicyclic) bond motifs is 1. The smallest absolute Gasteiger partial charge is 0.282 e. The number of benzene rings is 2. The van der Waals surface area contributed by atoms with Crippen LogP contribution >= 0.6 is 0 Å². The van der Waals surface area contributed by atoms with Crippen molar-refractivity contribution in [1.82, 2.24) is 24.3 Å². The first kappa shape index (κ1) is 27.0. The molecule has 0 spiro atoms. The molecule has 4 heterocycles. The van der Waals surface area contributed by atoms with Gasteiger partial charge in [-0.1, -0.05) is 36.4 Å². The van der Waals surface area contributed by atoms with E-state index in [0.29, 0.717) is 36.3 Å². The standard InChI is InChI=1S/C33H34N6O4/c1-37(23-11-12-23)16-5-8-27(40)38-17-15-24(20-38)39-30(33-41-18-19-42-33)28(29-31(34)35-21-36-32(29)39)22-9-13-26(14-10-22)43-25-6-3-2-4-7-25/h2-10,13-14,18-19,21,23-24,33H,11-12,15-17,20H2,1H3,(H2,34,35,36)/b8-5+/t24-/m1/s1. The van der Waals surface area contributed by atoms with Crippen LogP contribution in [0.2, 0.25) is 0 Å². The van der Waals surface area contributed by atoms with Gasteiger partial charge in [-0.05, 0) is 56.1 Å². The highest BCUT2D eigenvalue weighted by Crippen LogP contribution is 2.45. The fourth-order valence-corrected chi connectivity index (χ4v) is 5.99. The lowest BCUT2D eigenvalue weighted by Gasteiger charge is -2.22. The van der Waals surface area contributed by atoms with E-state index in [1.807, 2.05) is 65.6 Å². The van der Waals surface area contributed by atoms with Crippen molar-refractivity contribution in [1.29, 1.82) is 0 Å². The van der Waals surface area contributed by atoms with Crippen LogP contribution in [0.5, 0.6) is 11.5 Å². The lowest BCUT2D eigenvalue weighted by molar-refractivity contribution is -0.125. The number of nitrogens with zero attached hydrogens (tertiary/aromatic N) is 5. The molecule has 0 radical (unpaired) electrons. The summed E-state index contributed by atoms with van der Waals surface area (Å²) in [6, 6.07) is 18.1. The molecule has 1 saturated heterocycles. The first-order chi connectivity index (χ1) is 21.1. The van der Waals surface area contributed by atoms with Gasteiger partial charge in [0.05, 0.1) is 11.4 Å². The molecule has 43 heavy (non-hydrogen) atoms. The highest BCUT2D eigenvalue weighted by Gasteiger charge is 2.36. The molecule has 2 fully saturated rings. The van der Waals surface area contributed by atoms with Crippen molar-refractivity contribution in [3.05, 3.63) is 91.3 Å². The third kappa shape index (κ3) is 5.41. The van der Waals surface area contributed by atoms with E-state index in [2.05, 4.69) is 21.5 Å². The summed E-state index contributed by atoms with van der Waals surface area (Å²) >= 11 is 0. The second-order valence-corrected chi connectivity index (χ2v) is 11.2. The zero-order valence-electron chi connectivity index (χ0n) is 24.0. The van der Waals surface area contributed by atoms with Crippen LogP contribution in [-0.2, 0) is 14.3 Å². The molecule has 1 amide bonds. The Morgan fingerprint density at radius 2 is 1.79 bits per heavy atom. The quantitative estimate of drug-likeness (QED) is 0.263. The number of hydrogen-bond acceptors (Lipinski definition) is 8. The number of ether oxygens (including phenoxy) is 3. The number of rotatable bonds is 9. The number of nitrogens with two attached hydrogens (primary N) is 1. The summed E-state index contributed by atoms with van der Waals surface area (Å²) in [5.74, 6) is 1.85. The van der Waals surface area contributed by atoms with Crippen molar-refractivity contribution < 1.29 is 19.0 Å². The normalized spacial score (nSPS) is 18.6. The molecule has 1 atom stereocenters. The third-order valence-corrected chi connectivity index (χ3v) is 8.32. The van der Waals surface area contributed by atoms with Gasteiger partial charge in [0, 0.05) is 37.3 Å². The van der Waals surface area contributed by atoms with Crippen LogP contribution in [0.25, 0.3) is 22.2 Å². The lowest BCUT2D eigenvalue weighted by Crippen LogP contribution is -2.28.